The lowest BCUT2D eigenvalue weighted by Gasteiger charge is -2.07. The number of ether oxygens (including phenoxy) is 1. The Morgan fingerprint density at radius 2 is 1.82 bits per heavy atom. The van der Waals surface area contributed by atoms with Crippen molar-refractivity contribution in [3.05, 3.63) is 39.9 Å². The summed E-state index contributed by atoms with van der Waals surface area (Å²) >= 11 is 0. The van der Waals surface area contributed by atoms with Crippen LogP contribution in [0.1, 0.15) is 17.3 Å². The molecule has 6 heteroatoms. The Bertz CT molecular complexity index is 451. The molecule has 0 saturated heterocycles. The summed E-state index contributed by atoms with van der Waals surface area (Å²) < 4.78 is 4.45. The zero-order chi connectivity index (χ0) is 13.0. The summed E-state index contributed by atoms with van der Waals surface area (Å²) in [6.07, 6.45) is 0. The highest BCUT2D eigenvalue weighted by Gasteiger charge is 2.23. The minimum Gasteiger partial charge on any atom is -0.468 e. The zero-order valence-corrected chi connectivity index (χ0v) is 9.38. The van der Waals surface area contributed by atoms with Gasteiger partial charge < -0.3 is 4.74 Å². The van der Waals surface area contributed by atoms with E-state index in [0.29, 0.717) is 0 Å². The second kappa shape index (κ2) is 5.20. The van der Waals surface area contributed by atoms with E-state index in [2.05, 4.69) is 4.74 Å². The van der Waals surface area contributed by atoms with Gasteiger partial charge in [-0.05, 0) is 19.1 Å². The van der Waals surface area contributed by atoms with Gasteiger partial charge in [-0.25, -0.2) is 0 Å². The number of hydrogen-bond donors (Lipinski definition) is 0. The van der Waals surface area contributed by atoms with Gasteiger partial charge in [-0.15, -0.1) is 0 Å². The van der Waals surface area contributed by atoms with Crippen LogP contribution in [0.4, 0.5) is 5.69 Å². The van der Waals surface area contributed by atoms with E-state index in [1.807, 2.05) is 0 Å². The van der Waals surface area contributed by atoms with Crippen molar-refractivity contribution in [1.82, 2.24) is 0 Å². The molecule has 0 saturated carbocycles. The van der Waals surface area contributed by atoms with E-state index in [0.717, 1.165) is 0 Å². The summed E-state index contributed by atoms with van der Waals surface area (Å²) in [6, 6.07) is 5.08. The van der Waals surface area contributed by atoms with Crippen LogP contribution in [0.15, 0.2) is 24.3 Å². The van der Waals surface area contributed by atoms with Gasteiger partial charge in [0.05, 0.1) is 12.0 Å². The fourth-order valence-electron chi connectivity index (χ4n) is 1.28. The van der Waals surface area contributed by atoms with Crippen LogP contribution < -0.4 is 0 Å². The van der Waals surface area contributed by atoms with E-state index in [-0.39, 0.29) is 11.3 Å². The van der Waals surface area contributed by atoms with Crippen LogP contribution in [0.3, 0.4) is 0 Å². The predicted octanol–water partition coefficient (Wildman–Crippen LogP) is 1.59. The van der Waals surface area contributed by atoms with Crippen molar-refractivity contribution >= 4 is 17.4 Å². The molecule has 1 aromatic carbocycles. The number of nitro groups is 1. The molecule has 90 valence electrons. The topological polar surface area (TPSA) is 86.5 Å². The van der Waals surface area contributed by atoms with Crippen molar-refractivity contribution < 1.29 is 19.2 Å². The molecule has 0 bridgehead atoms. The van der Waals surface area contributed by atoms with Gasteiger partial charge in [-0.2, -0.15) is 0 Å². The van der Waals surface area contributed by atoms with Crippen molar-refractivity contribution in [2.24, 2.45) is 5.92 Å². The number of hydrogen-bond acceptors (Lipinski definition) is 5. The monoisotopic (exact) mass is 237 g/mol. The highest BCUT2D eigenvalue weighted by Crippen LogP contribution is 2.15. The molecule has 6 nitrogen and oxygen atoms in total. The van der Waals surface area contributed by atoms with Crippen LogP contribution in [0, 0.1) is 16.0 Å². The van der Waals surface area contributed by atoms with E-state index < -0.39 is 22.6 Å². The summed E-state index contributed by atoms with van der Waals surface area (Å²) in [6.45, 7) is 1.43. The third-order valence-corrected chi connectivity index (χ3v) is 2.31. The van der Waals surface area contributed by atoms with Gasteiger partial charge in [-0.1, -0.05) is 0 Å². The molecule has 0 spiro atoms. The molecule has 0 aliphatic rings. The van der Waals surface area contributed by atoms with Crippen molar-refractivity contribution in [3.63, 3.8) is 0 Å². The van der Waals surface area contributed by atoms with Crippen LogP contribution in [0.25, 0.3) is 0 Å². The number of nitrogens with zero attached hydrogens (tertiary/aromatic N) is 1. The number of rotatable bonds is 4. The minimum atomic E-state index is -0.915. The van der Waals surface area contributed by atoms with Crippen LogP contribution in [0.5, 0.6) is 0 Å². The van der Waals surface area contributed by atoms with Gasteiger partial charge in [0.15, 0.2) is 5.78 Å². The van der Waals surface area contributed by atoms with Gasteiger partial charge in [0.2, 0.25) is 0 Å². The Hall–Kier alpha value is -2.24. The highest BCUT2D eigenvalue weighted by molar-refractivity contribution is 6.08. The lowest BCUT2D eigenvalue weighted by Crippen LogP contribution is -2.22. The SMILES string of the molecule is COC(=O)C(C)C(=O)c1ccc([N+](=O)[O-])cc1. The first kappa shape index (κ1) is 12.8. The Labute approximate surface area is 97.3 Å². The molecule has 0 amide bonds. The second-order valence-corrected chi connectivity index (χ2v) is 3.41. The molecular weight excluding hydrogens is 226 g/mol. The van der Waals surface area contributed by atoms with Gasteiger partial charge in [0, 0.05) is 17.7 Å². The maximum atomic E-state index is 11.8. The number of non-ortho nitro benzene ring substituents is 1. The van der Waals surface area contributed by atoms with Gasteiger partial charge in [0.1, 0.15) is 5.92 Å². The van der Waals surface area contributed by atoms with E-state index in [9.17, 15) is 19.7 Å². The Morgan fingerprint density at radius 1 is 1.29 bits per heavy atom. The molecule has 0 heterocycles. The number of carbonyl (C=O) groups excluding carboxylic acids is 2. The van der Waals surface area contributed by atoms with E-state index in [1.54, 1.807) is 0 Å². The summed E-state index contributed by atoms with van der Waals surface area (Å²) in [5, 5.41) is 10.4. The van der Waals surface area contributed by atoms with Crippen molar-refractivity contribution in [1.29, 1.82) is 0 Å². The smallest absolute Gasteiger partial charge is 0.316 e. The van der Waals surface area contributed by atoms with Crippen molar-refractivity contribution in [2.45, 2.75) is 6.92 Å². The van der Waals surface area contributed by atoms with Crippen molar-refractivity contribution in [2.75, 3.05) is 7.11 Å². The average Bonchev–Trinajstić information content (AvgIpc) is 2.36. The number of esters is 1. The van der Waals surface area contributed by atoms with Crippen molar-refractivity contribution in [3.8, 4) is 0 Å². The largest absolute Gasteiger partial charge is 0.468 e. The number of methoxy groups -OCH3 is 1. The Balaban J connectivity index is 2.90. The van der Waals surface area contributed by atoms with Gasteiger partial charge in [-0.3, -0.25) is 19.7 Å². The lowest BCUT2D eigenvalue weighted by atomic mass is 9.99. The molecule has 0 N–H and O–H groups in total. The standard InChI is InChI=1S/C11H11NO5/c1-7(11(14)17-2)10(13)8-3-5-9(6-4-8)12(15)16/h3-7H,1-2H3. The quantitative estimate of drug-likeness (QED) is 0.261. The summed E-state index contributed by atoms with van der Waals surface area (Å²) in [4.78, 5) is 32.8. The number of ketones is 1. The fraction of sp³-hybridized carbons (Fsp3) is 0.273. The first-order chi connectivity index (χ1) is 7.97. The van der Waals surface area contributed by atoms with E-state index >= 15 is 0 Å². The highest BCUT2D eigenvalue weighted by atomic mass is 16.6. The molecule has 1 atom stereocenters. The normalized spacial score (nSPS) is 11.6. The van der Waals surface area contributed by atoms with Crippen LogP contribution in [-0.2, 0) is 9.53 Å². The Kier molecular flexibility index (Phi) is 3.92. The molecule has 0 aliphatic heterocycles. The number of nitro benzene ring substituents is 1. The number of carbonyl (C=O) groups is 2. The average molecular weight is 237 g/mol. The molecule has 0 radical (unpaired) electrons. The first-order valence-corrected chi connectivity index (χ1v) is 4.84. The third-order valence-electron chi connectivity index (χ3n) is 2.31. The summed E-state index contributed by atoms with van der Waals surface area (Å²) in [5.41, 5.74) is 0.140. The summed E-state index contributed by atoms with van der Waals surface area (Å²) in [7, 11) is 1.20. The maximum Gasteiger partial charge on any atom is 0.316 e. The van der Waals surface area contributed by atoms with Gasteiger partial charge in [0.25, 0.3) is 5.69 Å². The van der Waals surface area contributed by atoms with Gasteiger partial charge >= 0.3 is 5.97 Å². The number of Topliss-reactive ketones (excluding diaryl/α,β-unsaturated/α-hetero) is 1. The molecule has 0 fully saturated rings. The second-order valence-electron chi connectivity index (χ2n) is 3.41. The minimum absolute atomic E-state index is 0.104. The van der Waals surface area contributed by atoms with Crippen LogP contribution in [0.2, 0.25) is 0 Å². The maximum absolute atomic E-state index is 11.8. The molecule has 1 unspecified atom stereocenters. The number of benzene rings is 1. The predicted molar refractivity (Wildman–Crippen MR) is 58.6 cm³/mol. The molecular formula is C11H11NO5. The fourth-order valence-corrected chi connectivity index (χ4v) is 1.28. The van der Waals surface area contributed by atoms with Crippen LogP contribution >= 0.6 is 0 Å². The first-order valence-electron chi connectivity index (χ1n) is 4.84. The summed E-state index contributed by atoms with van der Waals surface area (Å²) in [5.74, 6) is -1.97. The van der Waals surface area contributed by atoms with E-state index in [4.69, 9.17) is 0 Å². The molecule has 17 heavy (non-hydrogen) atoms. The molecule has 0 aliphatic carbocycles. The molecule has 1 rings (SSSR count). The zero-order valence-electron chi connectivity index (χ0n) is 9.38. The molecule has 1 aromatic rings. The lowest BCUT2D eigenvalue weighted by molar-refractivity contribution is -0.384. The Morgan fingerprint density at radius 3 is 2.24 bits per heavy atom. The van der Waals surface area contributed by atoms with E-state index in [1.165, 1.54) is 38.3 Å². The van der Waals surface area contributed by atoms with Crippen LogP contribution in [-0.4, -0.2) is 23.8 Å². The third kappa shape index (κ3) is 2.87. The molecule has 0 aromatic heterocycles.